The minimum absolute atomic E-state index is 0.247. The van der Waals surface area contributed by atoms with Crippen molar-refractivity contribution in [3.63, 3.8) is 0 Å². The Labute approximate surface area is 166 Å². The number of amides is 1. The van der Waals surface area contributed by atoms with E-state index in [1.165, 1.54) is 18.5 Å². The fourth-order valence-electron chi connectivity index (χ4n) is 2.96. The number of para-hydroxylation sites is 1. The Morgan fingerprint density at radius 2 is 1.79 bits per heavy atom. The van der Waals surface area contributed by atoms with Crippen LogP contribution < -0.4 is 10.6 Å². The second-order valence-corrected chi connectivity index (χ2v) is 6.43. The van der Waals surface area contributed by atoms with Gasteiger partial charge in [0.05, 0.1) is 11.2 Å². The number of hydrogen-bond donors (Lipinski definition) is 2. The van der Waals surface area contributed by atoms with Crippen LogP contribution in [0.4, 0.5) is 15.9 Å². The van der Waals surface area contributed by atoms with Crippen LogP contribution in [0.2, 0.25) is 0 Å². The summed E-state index contributed by atoms with van der Waals surface area (Å²) in [5, 5.41) is 6.96. The van der Waals surface area contributed by atoms with E-state index in [0.29, 0.717) is 24.5 Å². The van der Waals surface area contributed by atoms with E-state index in [4.69, 9.17) is 0 Å². The molecule has 0 saturated carbocycles. The zero-order valence-corrected chi connectivity index (χ0v) is 15.5. The molecule has 29 heavy (non-hydrogen) atoms. The highest BCUT2D eigenvalue weighted by Gasteiger charge is 2.11. The first kappa shape index (κ1) is 18.5. The number of nitrogens with zero attached hydrogens (tertiary/aromatic N) is 3. The number of nitrogens with one attached hydrogen (secondary N) is 2. The number of halogens is 1. The van der Waals surface area contributed by atoms with Crippen LogP contribution >= 0.6 is 0 Å². The lowest BCUT2D eigenvalue weighted by Gasteiger charge is -2.09. The summed E-state index contributed by atoms with van der Waals surface area (Å²) in [6.07, 6.45) is 3.73. The molecule has 4 rings (SSSR count). The van der Waals surface area contributed by atoms with Crippen molar-refractivity contribution in [2.24, 2.45) is 0 Å². The van der Waals surface area contributed by atoms with Crippen molar-refractivity contribution in [1.29, 1.82) is 0 Å². The average molecular weight is 387 g/mol. The summed E-state index contributed by atoms with van der Waals surface area (Å²) in [7, 11) is 0. The molecule has 4 aromatic rings. The first-order chi connectivity index (χ1) is 14.2. The van der Waals surface area contributed by atoms with E-state index in [2.05, 4.69) is 25.6 Å². The van der Waals surface area contributed by atoms with Gasteiger partial charge in [0.15, 0.2) is 0 Å². The van der Waals surface area contributed by atoms with Gasteiger partial charge in [0.25, 0.3) is 5.91 Å². The Balaban J connectivity index is 1.42. The van der Waals surface area contributed by atoms with Gasteiger partial charge in [-0.3, -0.25) is 9.78 Å². The van der Waals surface area contributed by atoms with E-state index in [1.54, 1.807) is 30.5 Å². The number of carbonyl (C=O) groups excluding carboxylic acids is 1. The number of rotatable bonds is 6. The Morgan fingerprint density at radius 1 is 0.966 bits per heavy atom. The number of carbonyl (C=O) groups is 1. The minimum Gasteiger partial charge on any atom is -0.370 e. The molecule has 2 N–H and O–H groups in total. The molecule has 2 heterocycles. The van der Waals surface area contributed by atoms with Gasteiger partial charge in [-0.2, -0.15) is 0 Å². The predicted molar refractivity (Wildman–Crippen MR) is 110 cm³/mol. The monoisotopic (exact) mass is 387 g/mol. The maximum absolute atomic E-state index is 13.0. The normalized spacial score (nSPS) is 10.7. The van der Waals surface area contributed by atoms with Crippen molar-refractivity contribution in [2.75, 3.05) is 17.2 Å². The average Bonchev–Trinajstić information content (AvgIpc) is 2.76. The summed E-state index contributed by atoms with van der Waals surface area (Å²) in [6.45, 7) is 0.594. The predicted octanol–water partition coefficient (Wildman–Crippen LogP) is 4.07. The molecular weight excluding hydrogens is 369 g/mol. The second kappa shape index (κ2) is 8.43. The lowest BCUT2D eigenvalue weighted by Crippen LogP contribution is -2.15. The standard InChI is InChI=1S/C22H18FN5O/c23-17-8-6-15(7-9-17)10-12-24-20-13-19(26-14-27-20)22(29)28-18-5-1-3-16-4-2-11-25-21(16)18/h1-9,11,13-14H,10,12H2,(H,28,29)(H,24,26,27). The van der Waals surface area contributed by atoms with Crippen molar-refractivity contribution < 1.29 is 9.18 Å². The maximum Gasteiger partial charge on any atom is 0.274 e. The number of anilines is 2. The van der Waals surface area contributed by atoms with Crippen LogP contribution in [-0.2, 0) is 6.42 Å². The van der Waals surface area contributed by atoms with Crippen LogP contribution in [0.1, 0.15) is 16.1 Å². The van der Waals surface area contributed by atoms with Crippen molar-refractivity contribution in [3.8, 4) is 0 Å². The molecule has 144 valence electrons. The van der Waals surface area contributed by atoms with E-state index in [0.717, 1.165) is 16.5 Å². The number of benzene rings is 2. The summed E-state index contributed by atoms with van der Waals surface area (Å²) < 4.78 is 13.0. The third kappa shape index (κ3) is 4.52. The van der Waals surface area contributed by atoms with Gasteiger partial charge in [-0.1, -0.05) is 30.3 Å². The summed E-state index contributed by atoms with van der Waals surface area (Å²) in [5.41, 5.74) is 2.60. The summed E-state index contributed by atoms with van der Waals surface area (Å²) >= 11 is 0. The van der Waals surface area contributed by atoms with Crippen LogP contribution in [0.25, 0.3) is 10.9 Å². The quantitative estimate of drug-likeness (QED) is 0.521. The molecule has 0 radical (unpaired) electrons. The molecule has 0 fully saturated rings. The molecule has 0 atom stereocenters. The minimum atomic E-state index is -0.341. The van der Waals surface area contributed by atoms with Crippen LogP contribution in [0, 0.1) is 5.82 Å². The highest BCUT2D eigenvalue weighted by Crippen LogP contribution is 2.21. The molecular formula is C22H18FN5O. The van der Waals surface area contributed by atoms with E-state index >= 15 is 0 Å². The SMILES string of the molecule is O=C(Nc1cccc2cccnc12)c1cc(NCCc2ccc(F)cc2)ncn1. The summed E-state index contributed by atoms with van der Waals surface area (Å²) in [4.78, 5) is 25.2. The molecule has 6 nitrogen and oxygen atoms in total. The van der Waals surface area contributed by atoms with E-state index < -0.39 is 0 Å². The summed E-state index contributed by atoms with van der Waals surface area (Å²) in [6, 6.07) is 17.3. The molecule has 1 amide bonds. The number of fused-ring (bicyclic) bond motifs is 1. The van der Waals surface area contributed by atoms with Crippen LogP contribution in [0.3, 0.4) is 0 Å². The number of pyridine rings is 1. The maximum atomic E-state index is 13.0. The Kier molecular flexibility index (Phi) is 5.38. The third-order valence-electron chi connectivity index (χ3n) is 4.41. The third-order valence-corrected chi connectivity index (χ3v) is 4.41. The molecule has 7 heteroatoms. The first-order valence-corrected chi connectivity index (χ1v) is 9.14. The van der Waals surface area contributed by atoms with E-state index in [-0.39, 0.29) is 17.4 Å². The van der Waals surface area contributed by atoms with Gasteiger partial charge < -0.3 is 10.6 Å². The molecule has 0 unspecified atom stereocenters. The molecule has 0 aliphatic heterocycles. The van der Waals surface area contributed by atoms with Crippen molar-refractivity contribution in [2.45, 2.75) is 6.42 Å². The Bertz CT molecular complexity index is 1140. The molecule has 0 aliphatic carbocycles. The first-order valence-electron chi connectivity index (χ1n) is 9.14. The zero-order valence-electron chi connectivity index (χ0n) is 15.5. The second-order valence-electron chi connectivity index (χ2n) is 6.43. The van der Waals surface area contributed by atoms with Crippen molar-refractivity contribution >= 4 is 28.3 Å². The Hall–Kier alpha value is -3.87. The van der Waals surface area contributed by atoms with Gasteiger partial charge in [-0.05, 0) is 36.2 Å². The molecule has 2 aromatic carbocycles. The Morgan fingerprint density at radius 3 is 2.66 bits per heavy atom. The molecule has 0 saturated heterocycles. The van der Waals surface area contributed by atoms with Gasteiger partial charge >= 0.3 is 0 Å². The van der Waals surface area contributed by atoms with Gasteiger partial charge in [0, 0.05) is 24.2 Å². The van der Waals surface area contributed by atoms with E-state index in [9.17, 15) is 9.18 Å². The molecule has 0 spiro atoms. The van der Waals surface area contributed by atoms with E-state index in [1.807, 2.05) is 24.3 Å². The highest BCUT2D eigenvalue weighted by molar-refractivity contribution is 6.07. The highest BCUT2D eigenvalue weighted by atomic mass is 19.1. The van der Waals surface area contributed by atoms with Gasteiger partial charge in [-0.25, -0.2) is 14.4 Å². The van der Waals surface area contributed by atoms with Gasteiger partial charge in [0.2, 0.25) is 0 Å². The summed E-state index contributed by atoms with van der Waals surface area (Å²) in [5.74, 6) is -0.0509. The largest absolute Gasteiger partial charge is 0.370 e. The van der Waals surface area contributed by atoms with Crippen LogP contribution in [0.15, 0.2) is 73.2 Å². The topological polar surface area (TPSA) is 79.8 Å². The van der Waals surface area contributed by atoms with Crippen LogP contribution in [0.5, 0.6) is 0 Å². The number of aromatic nitrogens is 3. The van der Waals surface area contributed by atoms with Crippen molar-refractivity contribution in [3.05, 3.63) is 90.3 Å². The molecule has 0 bridgehead atoms. The fraction of sp³-hybridized carbons (Fsp3) is 0.0909. The van der Waals surface area contributed by atoms with Crippen LogP contribution in [-0.4, -0.2) is 27.4 Å². The molecule has 2 aromatic heterocycles. The smallest absolute Gasteiger partial charge is 0.274 e. The number of hydrogen-bond acceptors (Lipinski definition) is 5. The zero-order chi connectivity index (χ0) is 20.1. The fourth-order valence-corrected chi connectivity index (χ4v) is 2.96. The lowest BCUT2D eigenvalue weighted by atomic mass is 10.1. The van der Waals surface area contributed by atoms with Gasteiger partial charge in [0.1, 0.15) is 23.7 Å². The van der Waals surface area contributed by atoms with Gasteiger partial charge in [-0.15, -0.1) is 0 Å². The molecule has 0 aliphatic rings. The lowest BCUT2D eigenvalue weighted by molar-refractivity contribution is 0.102. The van der Waals surface area contributed by atoms with Crippen molar-refractivity contribution in [1.82, 2.24) is 15.0 Å².